The van der Waals surface area contributed by atoms with Gasteiger partial charge < -0.3 is 19.7 Å². The van der Waals surface area contributed by atoms with E-state index < -0.39 is 0 Å². The molecule has 2 aromatic rings. The third-order valence-corrected chi connectivity index (χ3v) is 6.27. The van der Waals surface area contributed by atoms with Crippen molar-refractivity contribution in [2.75, 3.05) is 19.8 Å². The maximum absolute atomic E-state index is 13.3. The van der Waals surface area contributed by atoms with Crippen molar-refractivity contribution >= 4 is 5.91 Å². The molecule has 0 bridgehead atoms. The second-order valence-corrected chi connectivity index (χ2v) is 8.40. The van der Waals surface area contributed by atoms with Crippen molar-refractivity contribution in [3.8, 4) is 11.5 Å². The molecular formula is C24H29N2O3+. The standard InChI is InChI=1S/C24H28N2O3/c27-24(25-19-10-11-19)23(17-6-2-1-3-7-17)26-13-4-8-20(26)18-9-12-21-22(16-18)29-15-5-14-28-21/h1-3,6-7,9,12,16,19-20,23H,4-5,8,10-11,13-15H2,(H,25,27)/p+1/t20-,23-/m1/s1. The first kappa shape index (κ1) is 18.5. The van der Waals surface area contributed by atoms with E-state index >= 15 is 0 Å². The van der Waals surface area contributed by atoms with Gasteiger partial charge in [-0.3, -0.25) is 4.79 Å². The molecule has 3 atom stereocenters. The summed E-state index contributed by atoms with van der Waals surface area (Å²) in [6.07, 6.45) is 5.31. The van der Waals surface area contributed by atoms with Gasteiger partial charge in [-0.25, -0.2) is 0 Å². The first-order chi connectivity index (χ1) is 14.3. The Morgan fingerprint density at radius 2 is 1.76 bits per heavy atom. The first-order valence-electron chi connectivity index (χ1n) is 10.9. The van der Waals surface area contributed by atoms with Crippen molar-refractivity contribution in [3.05, 3.63) is 59.7 Å². The molecule has 29 heavy (non-hydrogen) atoms. The van der Waals surface area contributed by atoms with Crippen LogP contribution in [0.25, 0.3) is 0 Å². The third-order valence-electron chi connectivity index (χ3n) is 6.27. The molecule has 2 aliphatic heterocycles. The molecule has 2 fully saturated rings. The Morgan fingerprint density at radius 3 is 2.55 bits per heavy atom. The van der Waals surface area contributed by atoms with Gasteiger partial charge in [-0.1, -0.05) is 30.3 Å². The van der Waals surface area contributed by atoms with Gasteiger partial charge >= 0.3 is 0 Å². The number of nitrogens with one attached hydrogen (secondary N) is 2. The van der Waals surface area contributed by atoms with E-state index in [1.165, 1.54) is 10.5 Å². The van der Waals surface area contributed by atoms with E-state index in [0.29, 0.717) is 19.3 Å². The molecule has 5 rings (SSSR count). The van der Waals surface area contributed by atoms with Crippen LogP contribution < -0.4 is 19.7 Å². The predicted molar refractivity (Wildman–Crippen MR) is 110 cm³/mol. The van der Waals surface area contributed by atoms with E-state index in [4.69, 9.17) is 9.47 Å². The van der Waals surface area contributed by atoms with Crippen molar-refractivity contribution in [3.63, 3.8) is 0 Å². The number of ether oxygens (including phenoxy) is 2. The molecule has 152 valence electrons. The summed E-state index contributed by atoms with van der Waals surface area (Å²) in [5.41, 5.74) is 2.34. The minimum Gasteiger partial charge on any atom is -0.490 e. The summed E-state index contributed by atoms with van der Waals surface area (Å²) >= 11 is 0. The van der Waals surface area contributed by atoms with E-state index in [1.54, 1.807) is 0 Å². The fourth-order valence-electron chi connectivity index (χ4n) is 4.68. The van der Waals surface area contributed by atoms with Crippen molar-refractivity contribution in [2.45, 2.75) is 50.2 Å². The Kier molecular flexibility index (Phi) is 5.15. The highest BCUT2D eigenvalue weighted by Crippen LogP contribution is 2.34. The second kappa shape index (κ2) is 8.07. The Bertz CT molecular complexity index is 866. The summed E-state index contributed by atoms with van der Waals surface area (Å²) < 4.78 is 11.7. The number of rotatable bonds is 5. The molecule has 3 aliphatic rings. The Morgan fingerprint density at radius 1 is 0.966 bits per heavy atom. The second-order valence-electron chi connectivity index (χ2n) is 8.40. The molecule has 2 N–H and O–H groups in total. The van der Waals surface area contributed by atoms with Crippen LogP contribution >= 0.6 is 0 Å². The molecular weight excluding hydrogens is 364 g/mol. The van der Waals surface area contributed by atoms with E-state index in [0.717, 1.165) is 55.7 Å². The average molecular weight is 394 g/mol. The van der Waals surface area contributed by atoms with Gasteiger partial charge in [0, 0.05) is 36.4 Å². The minimum atomic E-state index is -0.180. The fourth-order valence-corrected chi connectivity index (χ4v) is 4.68. The van der Waals surface area contributed by atoms with Gasteiger partial charge in [0.2, 0.25) is 0 Å². The fraction of sp³-hybridized carbons (Fsp3) is 0.458. The topological polar surface area (TPSA) is 52.0 Å². The van der Waals surface area contributed by atoms with Gasteiger partial charge in [-0.05, 0) is 31.0 Å². The maximum atomic E-state index is 13.3. The third kappa shape index (κ3) is 3.97. The number of amides is 1. The number of benzene rings is 2. The molecule has 1 unspecified atom stereocenters. The quantitative estimate of drug-likeness (QED) is 0.821. The molecule has 1 saturated carbocycles. The van der Waals surface area contributed by atoms with E-state index in [1.807, 2.05) is 24.3 Å². The van der Waals surface area contributed by atoms with Crippen molar-refractivity contribution in [2.24, 2.45) is 0 Å². The molecule has 5 heteroatoms. The molecule has 2 aromatic carbocycles. The molecule has 5 nitrogen and oxygen atoms in total. The molecule has 2 heterocycles. The monoisotopic (exact) mass is 393 g/mol. The number of quaternary nitrogens is 1. The van der Waals surface area contributed by atoms with Crippen LogP contribution in [-0.2, 0) is 4.79 Å². The molecule has 1 amide bonds. The Hall–Kier alpha value is -2.53. The van der Waals surface area contributed by atoms with Crippen LogP contribution in [0.3, 0.4) is 0 Å². The Labute approximate surface area is 172 Å². The zero-order valence-corrected chi connectivity index (χ0v) is 16.7. The smallest absolute Gasteiger partial charge is 0.283 e. The lowest BCUT2D eigenvalue weighted by molar-refractivity contribution is -0.940. The van der Waals surface area contributed by atoms with E-state index in [-0.39, 0.29) is 18.0 Å². The zero-order valence-electron chi connectivity index (χ0n) is 16.7. The molecule has 1 aliphatic carbocycles. The predicted octanol–water partition coefficient (Wildman–Crippen LogP) is 2.59. The largest absolute Gasteiger partial charge is 0.490 e. The molecule has 1 saturated heterocycles. The normalized spacial score (nSPS) is 24.6. The number of fused-ring (bicyclic) bond motifs is 1. The highest BCUT2D eigenvalue weighted by Gasteiger charge is 2.42. The summed E-state index contributed by atoms with van der Waals surface area (Å²) in [4.78, 5) is 14.6. The van der Waals surface area contributed by atoms with Crippen LogP contribution in [0.15, 0.2) is 48.5 Å². The summed E-state index contributed by atoms with van der Waals surface area (Å²) in [6, 6.07) is 17.1. The summed E-state index contributed by atoms with van der Waals surface area (Å²) in [7, 11) is 0. The van der Waals surface area contributed by atoms with Crippen molar-refractivity contribution in [1.82, 2.24) is 5.32 Å². The highest BCUT2D eigenvalue weighted by atomic mass is 16.5. The van der Waals surface area contributed by atoms with Gasteiger partial charge in [0.05, 0.1) is 19.8 Å². The lowest BCUT2D eigenvalue weighted by Crippen LogP contribution is -3.11. The van der Waals surface area contributed by atoms with Gasteiger partial charge in [0.1, 0.15) is 6.04 Å². The van der Waals surface area contributed by atoms with Gasteiger partial charge in [-0.15, -0.1) is 0 Å². The highest BCUT2D eigenvalue weighted by molar-refractivity contribution is 5.82. The van der Waals surface area contributed by atoms with Crippen LogP contribution in [-0.4, -0.2) is 31.7 Å². The van der Waals surface area contributed by atoms with Crippen LogP contribution in [0.4, 0.5) is 0 Å². The van der Waals surface area contributed by atoms with Crippen molar-refractivity contribution < 1.29 is 19.2 Å². The molecule has 0 spiro atoms. The summed E-state index contributed by atoms with van der Waals surface area (Å²) in [5, 5.41) is 3.26. The lowest BCUT2D eigenvalue weighted by atomic mass is 9.99. The van der Waals surface area contributed by atoms with Gasteiger partial charge in [0.25, 0.3) is 5.91 Å². The van der Waals surface area contributed by atoms with Gasteiger partial charge in [-0.2, -0.15) is 0 Å². The van der Waals surface area contributed by atoms with Crippen molar-refractivity contribution in [1.29, 1.82) is 0 Å². The van der Waals surface area contributed by atoms with Crippen LogP contribution in [0, 0.1) is 0 Å². The van der Waals surface area contributed by atoms with E-state index in [9.17, 15) is 4.79 Å². The molecule has 0 aromatic heterocycles. The summed E-state index contributed by atoms with van der Waals surface area (Å²) in [6.45, 7) is 2.38. The average Bonchev–Trinajstić information content (AvgIpc) is 3.49. The van der Waals surface area contributed by atoms with Gasteiger partial charge in [0.15, 0.2) is 17.5 Å². The van der Waals surface area contributed by atoms with Crippen LogP contribution in [0.5, 0.6) is 11.5 Å². The lowest BCUT2D eigenvalue weighted by Gasteiger charge is -2.30. The summed E-state index contributed by atoms with van der Waals surface area (Å²) in [5.74, 6) is 1.83. The number of hydrogen-bond donors (Lipinski definition) is 2. The number of hydrogen-bond acceptors (Lipinski definition) is 3. The SMILES string of the molecule is O=C(NC1CC1)[C@@H](c1ccccc1)[NH+]1CCC[C@@H]1c1ccc2c(c1)OCCCO2. The van der Waals surface area contributed by atoms with Crippen LogP contribution in [0.1, 0.15) is 55.3 Å². The number of carbonyl (C=O) groups is 1. The Balaban J connectivity index is 1.46. The minimum absolute atomic E-state index is 0.162. The number of likely N-dealkylation sites (tertiary alicyclic amines) is 1. The zero-order chi connectivity index (χ0) is 19.6. The molecule has 0 radical (unpaired) electrons. The van der Waals surface area contributed by atoms with Crippen LogP contribution in [0.2, 0.25) is 0 Å². The van der Waals surface area contributed by atoms with E-state index in [2.05, 4.69) is 29.6 Å². The number of carbonyl (C=O) groups excluding carboxylic acids is 1. The first-order valence-corrected chi connectivity index (χ1v) is 10.9. The maximum Gasteiger partial charge on any atom is 0.283 e.